The zero-order chi connectivity index (χ0) is 20.2. The number of hydrogen-bond donors (Lipinski definition) is 2. The topological polar surface area (TPSA) is 75.2 Å². The van der Waals surface area contributed by atoms with Gasteiger partial charge in [0.2, 0.25) is 0 Å². The Labute approximate surface area is 168 Å². The molecule has 0 bridgehead atoms. The van der Waals surface area contributed by atoms with Gasteiger partial charge in [0.05, 0.1) is 12.7 Å². The standard InChI is InChI=1S/C21H34N4O3/c1-4-22-21(23-11-6-13-28-19-10-14-27-16-19)24-12-9-17-7-5-8-18(15-17)20(26)25(2)3/h5,7-8,15,19H,4,6,9-14,16H2,1-3H3,(H2,22,23,24). The van der Waals surface area contributed by atoms with Gasteiger partial charge in [-0.15, -0.1) is 0 Å². The smallest absolute Gasteiger partial charge is 0.253 e. The number of carbonyl (C=O) groups excluding carboxylic acids is 1. The van der Waals surface area contributed by atoms with Crippen LogP contribution >= 0.6 is 0 Å². The van der Waals surface area contributed by atoms with Crippen LogP contribution in [0.4, 0.5) is 0 Å². The quantitative estimate of drug-likeness (QED) is 0.361. The van der Waals surface area contributed by atoms with E-state index in [1.807, 2.05) is 24.3 Å². The summed E-state index contributed by atoms with van der Waals surface area (Å²) in [5.41, 5.74) is 1.85. The van der Waals surface area contributed by atoms with Gasteiger partial charge in [0, 0.05) is 52.5 Å². The first-order valence-electron chi connectivity index (χ1n) is 10.1. The van der Waals surface area contributed by atoms with Gasteiger partial charge in [-0.3, -0.25) is 9.79 Å². The van der Waals surface area contributed by atoms with E-state index in [4.69, 9.17) is 9.47 Å². The zero-order valence-corrected chi connectivity index (χ0v) is 17.4. The predicted octanol–water partition coefficient (Wildman–Crippen LogP) is 1.68. The van der Waals surface area contributed by atoms with Gasteiger partial charge in [-0.25, -0.2) is 0 Å². The molecule has 156 valence electrons. The third-order valence-electron chi connectivity index (χ3n) is 4.44. The first-order chi connectivity index (χ1) is 13.6. The predicted molar refractivity (Wildman–Crippen MR) is 112 cm³/mol. The Hall–Kier alpha value is -2.12. The van der Waals surface area contributed by atoms with Crippen LogP contribution in [0.25, 0.3) is 0 Å². The number of nitrogens with zero attached hydrogens (tertiary/aromatic N) is 2. The van der Waals surface area contributed by atoms with E-state index in [1.165, 1.54) is 0 Å². The van der Waals surface area contributed by atoms with Crippen LogP contribution in [0.2, 0.25) is 0 Å². The molecule has 28 heavy (non-hydrogen) atoms. The van der Waals surface area contributed by atoms with E-state index in [2.05, 4.69) is 22.5 Å². The second kappa shape index (κ2) is 12.4. The molecule has 0 aliphatic carbocycles. The van der Waals surface area contributed by atoms with Crippen molar-refractivity contribution in [3.8, 4) is 0 Å². The van der Waals surface area contributed by atoms with Crippen LogP contribution in [0.1, 0.15) is 35.7 Å². The Bertz CT molecular complexity index is 628. The fourth-order valence-electron chi connectivity index (χ4n) is 2.93. The summed E-state index contributed by atoms with van der Waals surface area (Å²) in [5.74, 6) is 0.836. The van der Waals surface area contributed by atoms with Crippen molar-refractivity contribution >= 4 is 11.9 Å². The van der Waals surface area contributed by atoms with Crippen LogP contribution in [0.5, 0.6) is 0 Å². The summed E-state index contributed by atoms with van der Waals surface area (Å²) in [6.45, 7) is 6.57. The number of carbonyl (C=O) groups is 1. The normalized spacial score (nSPS) is 16.8. The molecule has 1 aromatic carbocycles. The van der Waals surface area contributed by atoms with E-state index in [1.54, 1.807) is 19.0 Å². The van der Waals surface area contributed by atoms with Gasteiger partial charge in [-0.05, 0) is 43.9 Å². The average molecular weight is 391 g/mol. The number of ether oxygens (including phenoxy) is 2. The maximum atomic E-state index is 12.1. The Morgan fingerprint density at radius 1 is 1.36 bits per heavy atom. The van der Waals surface area contributed by atoms with Crippen LogP contribution in [0, 0.1) is 0 Å². The van der Waals surface area contributed by atoms with Crippen molar-refractivity contribution in [3.05, 3.63) is 35.4 Å². The van der Waals surface area contributed by atoms with Crippen LogP contribution in [0.3, 0.4) is 0 Å². The van der Waals surface area contributed by atoms with E-state index in [-0.39, 0.29) is 12.0 Å². The van der Waals surface area contributed by atoms with Gasteiger partial charge in [0.1, 0.15) is 0 Å². The van der Waals surface area contributed by atoms with Crippen molar-refractivity contribution in [1.82, 2.24) is 15.5 Å². The second-order valence-corrected chi connectivity index (χ2v) is 7.05. The van der Waals surface area contributed by atoms with Gasteiger partial charge in [-0.1, -0.05) is 12.1 Å². The number of guanidine groups is 1. The maximum Gasteiger partial charge on any atom is 0.253 e. The van der Waals surface area contributed by atoms with E-state index in [0.29, 0.717) is 6.61 Å². The molecule has 1 heterocycles. The molecular weight excluding hydrogens is 356 g/mol. The molecule has 2 rings (SSSR count). The van der Waals surface area contributed by atoms with Crippen molar-refractivity contribution in [2.45, 2.75) is 32.3 Å². The van der Waals surface area contributed by atoms with E-state index >= 15 is 0 Å². The zero-order valence-electron chi connectivity index (χ0n) is 17.4. The number of amides is 1. The number of rotatable bonds is 10. The van der Waals surface area contributed by atoms with E-state index < -0.39 is 0 Å². The molecule has 0 aromatic heterocycles. The lowest BCUT2D eigenvalue weighted by Gasteiger charge is -2.13. The summed E-state index contributed by atoms with van der Waals surface area (Å²) >= 11 is 0. The molecule has 7 nitrogen and oxygen atoms in total. The summed E-state index contributed by atoms with van der Waals surface area (Å²) in [6, 6.07) is 7.78. The van der Waals surface area contributed by atoms with Gasteiger partial charge in [-0.2, -0.15) is 0 Å². The molecule has 1 saturated heterocycles. The Morgan fingerprint density at radius 2 is 2.21 bits per heavy atom. The second-order valence-electron chi connectivity index (χ2n) is 7.05. The lowest BCUT2D eigenvalue weighted by atomic mass is 10.1. The summed E-state index contributed by atoms with van der Waals surface area (Å²) in [4.78, 5) is 18.3. The third-order valence-corrected chi connectivity index (χ3v) is 4.44. The Kier molecular flexibility index (Phi) is 9.79. The molecule has 1 unspecified atom stereocenters. The summed E-state index contributed by atoms with van der Waals surface area (Å²) < 4.78 is 11.1. The molecule has 1 aromatic rings. The molecule has 0 spiro atoms. The molecule has 1 atom stereocenters. The third kappa shape index (κ3) is 7.86. The molecule has 0 saturated carbocycles. The van der Waals surface area contributed by atoms with Crippen molar-refractivity contribution in [3.63, 3.8) is 0 Å². The minimum absolute atomic E-state index is 0.0242. The van der Waals surface area contributed by atoms with Crippen molar-refractivity contribution in [2.24, 2.45) is 4.99 Å². The molecule has 1 aliphatic heterocycles. The number of hydrogen-bond acceptors (Lipinski definition) is 4. The van der Waals surface area contributed by atoms with Gasteiger partial charge < -0.3 is 25.0 Å². The van der Waals surface area contributed by atoms with Crippen molar-refractivity contribution in [2.75, 3.05) is 53.6 Å². The minimum atomic E-state index is 0.0242. The maximum absolute atomic E-state index is 12.1. The number of benzene rings is 1. The Morgan fingerprint density at radius 3 is 2.93 bits per heavy atom. The fraction of sp³-hybridized carbons (Fsp3) is 0.619. The highest BCUT2D eigenvalue weighted by atomic mass is 16.5. The fourth-order valence-corrected chi connectivity index (χ4v) is 2.93. The van der Waals surface area contributed by atoms with Crippen LogP contribution in [-0.2, 0) is 15.9 Å². The van der Waals surface area contributed by atoms with Gasteiger partial charge in [0.15, 0.2) is 5.96 Å². The molecule has 2 N–H and O–H groups in total. The summed E-state index contributed by atoms with van der Waals surface area (Å²) in [7, 11) is 3.53. The first kappa shape index (κ1) is 22.2. The molecule has 1 fully saturated rings. The van der Waals surface area contributed by atoms with E-state index in [9.17, 15) is 4.79 Å². The number of aliphatic imine (C=N–C) groups is 1. The molecular formula is C21H34N4O3. The van der Waals surface area contributed by atoms with Gasteiger partial charge >= 0.3 is 0 Å². The van der Waals surface area contributed by atoms with Gasteiger partial charge in [0.25, 0.3) is 5.91 Å². The van der Waals surface area contributed by atoms with Crippen LogP contribution in [0.15, 0.2) is 29.3 Å². The monoisotopic (exact) mass is 390 g/mol. The summed E-state index contributed by atoms with van der Waals surface area (Å²) in [6.07, 6.45) is 2.96. The SMILES string of the molecule is CCNC(=NCCCOC1CCOC1)NCCc1cccc(C(=O)N(C)C)c1. The lowest BCUT2D eigenvalue weighted by molar-refractivity contribution is 0.0424. The molecule has 7 heteroatoms. The van der Waals surface area contributed by atoms with Crippen molar-refractivity contribution in [1.29, 1.82) is 0 Å². The average Bonchev–Trinajstić information content (AvgIpc) is 3.20. The van der Waals surface area contributed by atoms with E-state index in [0.717, 1.165) is 69.2 Å². The van der Waals surface area contributed by atoms with Crippen LogP contribution in [-0.4, -0.2) is 76.4 Å². The molecule has 1 aliphatic rings. The highest BCUT2D eigenvalue weighted by Gasteiger charge is 2.15. The van der Waals surface area contributed by atoms with Crippen molar-refractivity contribution < 1.29 is 14.3 Å². The number of nitrogens with one attached hydrogen (secondary N) is 2. The minimum Gasteiger partial charge on any atom is -0.379 e. The Balaban J connectivity index is 1.73. The highest BCUT2D eigenvalue weighted by molar-refractivity contribution is 5.94. The largest absolute Gasteiger partial charge is 0.379 e. The summed E-state index contributed by atoms with van der Waals surface area (Å²) in [5, 5.41) is 6.62. The lowest BCUT2D eigenvalue weighted by Crippen LogP contribution is -2.38. The molecule has 1 amide bonds. The highest BCUT2D eigenvalue weighted by Crippen LogP contribution is 2.09. The molecule has 0 radical (unpaired) electrons. The first-order valence-corrected chi connectivity index (χ1v) is 10.1. The van der Waals surface area contributed by atoms with Crippen LogP contribution < -0.4 is 10.6 Å².